The first-order chi connectivity index (χ1) is 18.1. The molecule has 3 heterocycles. The number of thiophene rings is 1. The highest BCUT2D eigenvalue weighted by atomic mass is 32.1. The fraction of sp³-hybridized carbons (Fsp3) is 0.321. The quantitative estimate of drug-likeness (QED) is 0.181. The van der Waals surface area contributed by atoms with E-state index < -0.39 is 10.5 Å². The molecule has 196 valence electrons. The largest absolute Gasteiger partial charge is 0.444 e. The third-order valence-electron chi connectivity index (χ3n) is 6.47. The Morgan fingerprint density at radius 2 is 1.82 bits per heavy atom. The van der Waals surface area contributed by atoms with Crippen LogP contribution in [0.1, 0.15) is 36.7 Å². The molecule has 9 nitrogen and oxygen atoms in total. The van der Waals surface area contributed by atoms with Gasteiger partial charge in [-0.3, -0.25) is 19.9 Å². The predicted octanol–water partition coefficient (Wildman–Crippen LogP) is 5.84. The second kappa shape index (κ2) is 10.0. The van der Waals surface area contributed by atoms with Crippen molar-refractivity contribution < 1.29 is 19.2 Å². The summed E-state index contributed by atoms with van der Waals surface area (Å²) in [5.74, 6) is -0.214. The molecule has 38 heavy (non-hydrogen) atoms. The van der Waals surface area contributed by atoms with Crippen molar-refractivity contribution in [3.63, 3.8) is 0 Å². The number of amides is 1. The number of ether oxygens (including phenoxy) is 1. The molecule has 10 heteroatoms. The summed E-state index contributed by atoms with van der Waals surface area (Å²) in [5, 5.41) is 13.2. The molecule has 5 rings (SSSR count). The van der Waals surface area contributed by atoms with Crippen LogP contribution in [0.2, 0.25) is 0 Å². The van der Waals surface area contributed by atoms with Gasteiger partial charge in [-0.15, -0.1) is 0 Å². The van der Waals surface area contributed by atoms with Crippen LogP contribution in [-0.4, -0.2) is 58.5 Å². The van der Waals surface area contributed by atoms with Crippen molar-refractivity contribution in [2.45, 2.75) is 32.8 Å². The molecule has 4 aromatic rings. The van der Waals surface area contributed by atoms with Gasteiger partial charge in [0.05, 0.1) is 16.0 Å². The van der Waals surface area contributed by atoms with Crippen LogP contribution in [0.15, 0.2) is 54.7 Å². The van der Waals surface area contributed by atoms with Crippen molar-refractivity contribution in [2.75, 3.05) is 31.1 Å². The lowest BCUT2D eigenvalue weighted by molar-refractivity contribution is -0.380. The molecule has 0 spiro atoms. The Morgan fingerprint density at radius 3 is 2.53 bits per heavy atom. The number of pyridine rings is 1. The van der Waals surface area contributed by atoms with Gasteiger partial charge in [-0.05, 0) is 45.0 Å². The lowest BCUT2D eigenvalue weighted by atomic mass is 10.0. The van der Waals surface area contributed by atoms with E-state index in [4.69, 9.17) is 4.74 Å². The van der Waals surface area contributed by atoms with Crippen LogP contribution in [0.25, 0.3) is 21.0 Å². The van der Waals surface area contributed by atoms with Crippen LogP contribution in [0, 0.1) is 10.1 Å². The maximum Gasteiger partial charge on any atom is 0.410 e. The molecule has 1 amide bonds. The number of Topliss-reactive ketones (excluding diaryl/α,β-unsaturated/α-hetero) is 1. The zero-order chi connectivity index (χ0) is 27.0. The summed E-state index contributed by atoms with van der Waals surface area (Å²) in [7, 11) is 0. The van der Waals surface area contributed by atoms with E-state index in [1.54, 1.807) is 11.0 Å². The van der Waals surface area contributed by atoms with Gasteiger partial charge < -0.3 is 14.5 Å². The molecule has 2 aromatic carbocycles. The first-order valence-corrected chi connectivity index (χ1v) is 13.2. The number of carbonyl (C=O) groups excluding carboxylic acids is 2. The SMILES string of the molecule is CC(C)(C)OC(=O)N1CCN(c2ccc3cc(C(=O)Cc4c([N+](=O)[O-])sc5ccccc45)cnc3c2)CC1. The van der Waals surface area contributed by atoms with E-state index in [1.807, 2.05) is 63.2 Å². The van der Waals surface area contributed by atoms with Gasteiger partial charge in [0, 0.05) is 65.5 Å². The van der Waals surface area contributed by atoms with Crippen molar-refractivity contribution in [1.29, 1.82) is 0 Å². The fourth-order valence-corrected chi connectivity index (χ4v) is 5.64. The molecular formula is C28H28N4O5S. The number of benzene rings is 2. The first-order valence-electron chi connectivity index (χ1n) is 12.4. The lowest BCUT2D eigenvalue weighted by Gasteiger charge is -2.36. The minimum atomic E-state index is -0.523. The number of rotatable bonds is 5. The molecule has 0 saturated carbocycles. The number of hydrogen-bond acceptors (Lipinski definition) is 8. The third kappa shape index (κ3) is 5.31. The lowest BCUT2D eigenvalue weighted by Crippen LogP contribution is -2.50. The minimum Gasteiger partial charge on any atom is -0.444 e. The van der Waals surface area contributed by atoms with E-state index in [9.17, 15) is 19.7 Å². The molecule has 1 saturated heterocycles. The number of hydrogen-bond donors (Lipinski definition) is 0. The van der Waals surface area contributed by atoms with E-state index in [0.717, 1.165) is 38.0 Å². The Labute approximate surface area is 223 Å². The van der Waals surface area contributed by atoms with Crippen LogP contribution in [-0.2, 0) is 11.2 Å². The molecule has 1 fully saturated rings. The molecular weight excluding hydrogens is 504 g/mol. The molecule has 0 bridgehead atoms. The topological polar surface area (TPSA) is 106 Å². The Morgan fingerprint density at radius 1 is 1.08 bits per heavy atom. The molecule has 0 N–H and O–H groups in total. The van der Waals surface area contributed by atoms with Crippen LogP contribution in [0.5, 0.6) is 0 Å². The number of carbonyl (C=O) groups is 2. The van der Waals surface area contributed by atoms with E-state index in [0.29, 0.717) is 37.3 Å². The monoisotopic (exact) mass is 532 g/mol. The van der Waals surface area contributed by atoms with Gasteiger partial charge in [0.1, 0.15) is 5.60 Å². The van der Waals surface area contributed by atoms with Crippen LogP contribution < -0.4 is 4.90 Å². The standard InChI is InChI=1S/C28H28N4O5S/c1-28(2,3)37-27(34)31-12-10-30(11-13-31)20-9-8-18-14-19(17-29-23(18)15-20)24(33)16-22-21-6-4-5-7-25(21)38-26(22)32(35)36/h4-9,14-15,17H,10-13,16H2,1-3H3. The highest BCUT2D eigenvalue weighted by Crippen LogP contribution is 2.38. The zero-order valence-electron chi connectivity index (χ0n) is 21.5. The van der Waals surface area contributed by atoms with Gasteiger partial charge in [0.2, 0.25) is 0 Å². The Kier molecular flexibility index (Phi) is 6.75. The predicted molar refractivity (Wildman–Crippen MR) is 148 cm³/mol. The fourth-order valence-electron chi connectivity index (χ4n) is 4.60. The second-order valence-electron chi connectivity index (χ2n) is 10.3. The van der Waals surface area contributed by atoms with Crippen molar-refractivity contribution in [1.82, 2.24) is 9.88 Å². The van der Waals surface area contributed by atoms with Crippen molar-refractivity contribution in [3.05, 3.63) is 76.0 Å². The summed E-state index contributed by atoms with van der Waals surface area (Å²) in [6.07, 6.45) is 1.18. The summed E-state index contributed by atoms with van der Waals surface area (Å²) < 4.78 is 6.27. The maximum absolute atomic E-state index is 13.2. The van der Waals surface area contributed by atoms with E-state index in [-0.39, 0.29) is 23.3 Å². The Bertz CT molecular complexity index is 1550. The number of ketones is 1. The summed E-state index contributed by atoms with van der Waals surface area (Å²) in [6, 6.07) is 15.0. The van der Waals surface area contributed by atoms with Gasteiger partial charge in [0.15, 0.2) is 5.78 Å². The molecule has 0 unspecified atom stereocenters. The Hall–Kier alpha value is -4.05. The molecule has 0 aliphatic carbocycles. The molecule has 2 aromatic heterocycles. The highest BCUT2D eigenvalue weighted by Gasteiger charge is 2.27. The van der Waals surface area contributed by atoms with Gasteiger partial charge >= 0.3 is 11.1 Å². The minimum absolute atomic E-state index is 0.00436. The zero-order valence-corrected chi connectivity index (χ0v) is 22.3. The summed E-state index contributed by atoms with van der Waals surface area (Å²) in [5.41, 5.74) is 2.08. The van der Waals surface area contributed by atoms with E-state index in [1.165, 1.54) is 6.20 Å². The van der Waals surface area contributed by atoms with Gasteiger partial charge in [-0.25, -0.2) is 4.79 Å². The van der Waals surface area contributed by atoms with Crippen LogP contribution in [0.4, 0.5) is 15.5 Å². The summed E-state index contributed by atoms with van der Waals surface area (Å²) in [6.45, 7) is 8.06. The average molecular weight is 533 g/mol. The Balaban J connectivity index is 1.30. The molecule has 1 aliphatic heterocycles. The maximum atomic E-state index is 13.2. The third-order valence-corrected chi connectivity index (χ3v) is 7.63. The molecule has 1 aliphatic rings. The average Bonchev–Trinajstić information content (AvgIpc) is 3.26. The number of aromatic nitrogens is 1. The van der Waals surface area contributed by atoms with Gasteiger partial charge in [-0.2, -0.15) is 0 Å². The molecule has 0 radical (unpaired) electrons. The number of fused-ring (bicyclic) bond motifs is 2. The van der Waals surface area contributed by atoms with Gasteiger partial charge in [-0.1, -0.05) is 35.6 Å². The smallest absolute Gasteiger partial charge is 0.410 e. The van der Waals surface area contributed by atoms with Crippen molar-refractivity contribution in [3.8, 4) is 0 Å². The van der Waals surface area contributed by atoms with E-state index in [2.05, 4.69) is 9.88 Å². The van der Waals surface area contributed by atoms with Gasteiger partial charge in [0.25, 0.3) is 0 Å². The second-order valence-corrected chi connectivity index (χ2v) is 11.3. The van der Waals surface area contributed by atoms with E-state index >= 15 is 0 Å². The van der Waals surface area contributed by atoms with Crippen molar-refractivity contribution >= 4 is 54.9 Å². The van der Waals surface area contributed by atoms with Crippen LogP contribution in [0.3, 0.4) is 0 Å². The number of piperazine rings is 1. The van der Waals surface area contributed by atoms with Crippen molar-refractivity contribution in [2.24, 2.45) is 0 Å². The normalized spacial score (nSPS) is 14.2. The van der Waals surface area contributed by atoms with Crippen LogP contribution >= 0.6 is 11.3 Å². The molecule has 0 atom stereocenters. The number of anilines is 1. The first kappa shape index (κ1) is 25.6. The summed E-state index contributed by atoms with van der Waals surface area (Å²) in [4.78, 5) is 45.1. The number of nitrogens with zero attached hydrogens (tertiary/aromatic N) is 4. The summed E-state index contributed by atoms with van der Waals surface area (Å²) >= 11 is 1.09. The number of nitro groups is 1. The highest BCUT2D eigenvalue weighted by molar-refractivity contribution is 7.22.